The topological polar surface area (TPSA) is 76.2 Å². The number of carbonyl (C=O) groups excluding carboxylic acids is 3. The summed E-state index contributed by atoms with van der Waals surface area (Å²) in [6, 6.07) is 0. The average molecular weight is 340 g/mol. The Morgan fingerprint density at radius 2 is 1.50 bits per heavy atom. The van der Waals surface area contributed by atoms with Crippen molar-refractivity contribution in [1.29, 1.82) is 0 Å². The van der Waals surface area contributed by atoms with Crippen molar-refractivity contribution in [2.24, 2.45) is 0 Å². The van der Waals surface area contributed by atoms with Crippen molar-refractivity contribution >= 4 is 18.0 Å². The molecule has 0 aromatic carbocycles. The van der Waals surface area contributed by atoms with E-state index in [0.717, 1.165) is 0 Å². The molecule has 1 saturated heterocycles. The molecule has 1 heterocycles. The third kappa shape index (κ3) is 3.82. The maximum atomic E-state index is 12.5. The van der Waals surface area contributed by atoms with Gasteiger partial charge in [0, 0.05) is 19.5 Å². The predicted molar refractivity (Wildman–Crippen MR) is 87.7 cm³/mol. The first-order valence-electron chi connectivity index (χ1n) is 8.36. The largest absolute Gasteiger partial charge is 0.444 e. The summed E-state index contributed by atoms with van der Waals surface area (Å²) >= 11 is 0. The molecular formula is C17H28N2O5. The highest BCUT2D eigenvalue weighted by molar-refractivity contribution is 5.98. The number of carbonyl (C=O) groups is 3. The van der Waals surface area contributed by atoms with Crippen molar-refractivity contribution in [2.75, 3.05) is 19.6 Å². The van der Waals surface area contributed by atoms with Crippen LogP contribution in [0, 0.1) is 0 Å². The van der Waals surface area contributed by atoms with Gasteiger partial charge in [0.15, 0.2) is 5.78 Å². The van der Waals surface area contributed by atoms with E-state index in [-0.39, 0.29) is 18.9 Å². The van der Waals surface area contributed by atoms with Crippen LogP contribution in [0.25, 0.3) is 0 Å². The normalized spacial score (nSPS) is 24.7. The molecule has 1 aliphatic heterocycles. The Kier molecular flexibility index (Phi) is 4.59. The zero-order valence-corrected chi connectivity index (χ0v) is 15.5. The summed E-state index contributed by atoms with van der Waals surface area (Å²) < 4.78 is 10.8. The molecule has 7 heteroatoms. The molecule has 1 saturated carbocycles. The lowest BCUT2D eigenvalue weighted by molar-refractivity contribution is -0.147. The summed E-state index contributed by atoms with van der Waals surface area (Å²) in [5.41, 5.74) is -2.19. The molecule has 0 bridgehead atoms. The van der Waals surface area contributed by atoms with Gasteiger partial charge in [-0.3, -0.25) is 9.69 Å². The molecule has 7 nitrogen and oxygen atoms in total. The zero-order chi connectivity index (χ0) is 18.3. The first-order chi connectivity index (χ1) is 10.8. The minimum atomic E-state index is -0.961. The van der Waals surface area contributed by atoms with Gasteiger partial charge in [0.1, 0.15) is 16.7 Å². The van der Waals surface area contributed by atoms with E-state index in [9.17, 15) is 14.4 Å². The fraction of sp³-hybridized carbons (Fsp3) is 0.824. The number of amides is 2. The molecule has 2 rings (SSSR count). The molecule has 24 heavy (non-hydrogen) atoms. The highest BCUT2D eigenvalue weighted by atomic mass is 16.6. The van der Waals surface area contributed by atoms with Crippen molar-refractivity contribution in [1.82, 2.24) is 9.80 Å². The Morgan fingerprint density at radius 3 is 1.92 bits per heavy atom. The lowest BCUT2D eigenvalue weighted by Crippen LogP contribution is -2.72. The lowest BCUT2D eigenvalue weighted by Gasteiger charge is -2.53. The smallest absolute Gasteiger partial charge is 0.411 e. The molecule has 2 fully saturated rings. The van der Waals surface area contributed by atoms with Crippen LogP contribution in [0.5, 0.6) is 0 Å². The molecule has 136 valence electrons. The summed E-state index contributed by atoms with van der Waals surface area (Å²) in [7, 11) is 0. The van der Waals surface area contributed by atoms with Crippen LogP contribution in [0.4, 0.5) is 9.59 Å². The standard InChI is InChI=1S/C17H28N2O5/c1-15(2,3)23-13(21)18-9-10-19(14(22)24-16(4,5)6)17(11-18)8-7-12(17)20/h7-11H2,1-6H3. The second-order valence-electron chi connectivity index (χ2n) is 8.49. The van der Waals surface area contributed by atoms with E-state index in [0.29, 0.717) is 19.4 Å². The first kappa shape index (κ1) is 18.5. The van der Waals surface area contributed by atoms with Crippen LogP contribution >= 0.6 is 0 Å². The van der Waals surface area contributed by atoms with Gasteiger partial charge in [0.05, 0.1) is 6.54 Å². The number of hydrogen-bond donors (Lipinski definition) is 0. The lowest BCUT2D eigenvalue weighted by atomic mass is 9.72. The Balaban J connectivity index is 2.14. The third-order valence-corrected chi connectivity index (χ3v) is 4.11. The Bertz CT molecular complexity index is 546. The van der Waals surface area contributed by atoms with Gasteiger partial charge in [0.25, 0.3) is 0 Å². The number of rotatable bonds is 0. The third-order valence-electron chi connectivity index (χ3n) is 4.11. The van der Waals surface area contributed by atoms with Gasteiger partial charge in [-0.05, 0) is 48.0 Å². The van der Waals surface area contributed by atoms with Crippen LogP contribution in [-0.4, -0.2) is 64.1 Å². The average Bonchev–Trinajstić information content (AvgIpc) is 2.41. The number of hydrogen-bond acceptors (Lipinski definition) is 5. The highest BCUT2D eigenvalue weighted by Crippen LogP contribution is 2.38. The van der Waals surface area contributed by atoms with E-state index in [4.69, 9.17) is 9.47 Å². The van der Waals surface area contributed by atoms with Crippen LogP contribution in [0.2, 0.25) is 0 Å². The van der Waals surface area contributed by atoms with E-state index in [1.54, 1.807) is 41.5 Å². The molecule has 2 aliphatic rings. The van der Waals surface area contributed by atoms with Gasteiger partial charge in [-0.2, -0.15) is 0 Å². The van der Waals surface area contributed by atoms with E-state index in [1.807, 2.05) is 0 Å². The highest BCUT2D eigenvalue weighted by Gasteiger charge is 2.57. The SMILES string of the molecule is CC(C)(C)OC(=O)N1CCN(C(=O)OC(C)(C)C)C2(CCC2=O)C1. The molecule has 1 unspecified atom stereocenters. The zero-order valence-electron chi connectivity index (χ0n) is 15.5. The van der Waals surface area contributed by atoms with Crippen molar-refractivity contribution in [2.45, 2.75) is 71.1 Å². The van der Waals surface area contributed by atoms with Crippen molar-refractivity contribution in [3.05, 3.63) is 0 Å². The maximum absolute atomic E-state index is 12.5. The van der Waals surface area contributed by atoms with Crippen LogP contribution in [0.3, 0.4) is 0 Å². The fourth-order valence-electron chi connectivity index (χ4n) is 2.95. The van der Waals surface area contributed by atoms with Gasteiger partial charge < -0.3 is 14.4 Å². The Hall–Kier alpha value is -1.79. The summed E-state index contributed by atoms with van der Waals surface area (Å²) in [5.74, 6) is -0.0263. The van der Waals surface area contributed by atoms with E-state index in [1.165, 1.54) is 9.80 Å². The van der Waals surface area contributed by atoms with E-state index >= 15 is 0 Å². The number of Topliss-reactive ketones (excluding diaryl/α,β-unsaturated/α-hetero) is 1. The minimum absolute atomic E-state index is 0.0263. The maximum Gasteiger partial charge on any atom is 0.411 e. The second-order valence-corrected chi connectivity index (χ2v) is 8.49. The minimum Gasteiger partial charge on any atom is -0.444 e. The quantitative estimate of drug-likeness (QED) is 0.677. The van der Waals surface area contributed by atoms with Crippen LogP contribution < -0.4 is 0 Å². The van der Waals surface area contributed by atoms with Gasteiger partial charge in [-0.1, -0.05) is 0 Å². The Labute approximate surface area is 143 Å². The summed E-state index contributed by atoms with van der Waals surface area (Å²) in [6.07, 6.45) is 0.0102. The number of ether oxygens (including phenoxy) is 2. The Morgan fingerprint density at radius 1 is 0.958 bits per heavy atom. The van der Waals surface area contributed by atoms with Crippen LogP contribution in [0.15, 0.2) is 0 Å². The van der Waals surface area contributed by atoms with E-state index in [2.05, 4.69) is 0 Å². The number of nitrogens with zero attached hydrogens (tertiary/aromatic N) is 2. The van der Waals surface area contributed by atoms with Crippen molar-refractivity contribution in [3.63, 3.8) is 0 Å². The summed E-state index contributed by atoms with van der Waals surface area (Å²) in [5, 5.41) is 0. The monoisotopic (exact) mass is 340 g/mol. The molecule has 1 spiro atoms. The van der Waals surface area contributed by atoms with Gasteiger partial charge in [-0.15, -0.1) is 0 Å². The number of piperazine rings is 1. The number of ketones is 1. The molecule has 0 aromatic rings. The van der Waals surface area contributed by atoms with E-state index < -0.39 is 28.9 Å². The van der Waals surface area contributed by atoms with Gasteiger partial charge in [0.2, 0.25) is 0 Å². The van der Waals surface area contributed by atoms with Crippen molar-refractivity contribution < 1.29 is 23.9 Å². The molecular weight excluding hydrogens is 312 g/mol. The molecule has 1 aliphatic carbocycles. The fourth-order valence-corrected chi connectivity index (χ4v) is 2.95. The molecule has 0 radical (unpaired) electrons. The van der Waals surface area contributed by atoms with Gasteiger partial charge >= 0.3 is 12.2 Å². The molecule has 0 N–H and O–H groups in total. The second kappa shape index (κ2) is 5.93. The van der Waals surface area contributed by atoms with Crippen molar-refractivity contribution in [3.8, 4) is 0 Å². The summed E-state index contributed by atoms with van der Waals surface area (Å²) in [4.78, 5) is 40.1. The van der Waals surface area contributed by atoms with Gasteiger partial charge in [-0.25, -0.2) is 9.59 Å². The van der Waals surface area contributed by atoms with Crippen LogP contribution in [0.1, 0.15) is 54.4 Å². The molecule has 1 atom stereocenters. The summed E-state index contributed by atoms with van der Waals surface area (Å²) in [6.45, 7) is 11.5. The molecule has 2 amide bonds. The molecule has 0 aromatic heterocycles. The van der Waals surface area contributed by atoms with Crippen LogP contribution in [-0.2, 0) is 14.3 Å². The predicted octanol–water partition coefficient (Wildman–Crippen LogP) is 2.58. The first-order valence-corrected chi connectivity index (χ1v) is 8.36.